The van der Waals surface area contributed by atoms with Crippen molar-refractivity contribution in [2.24, 2.45) is 5.73 Å². The summed E-state index contributed by atoms with van der Waals surface area (Å²) in [5, 5.41) is 3.97. The summed E-state index contributed by atoms with van der Waals surface area (Å²) in [5.41, 5.74) is 6.36. The van der Waals surface area contributed by atoms with Crippen LogP contribution in [0.1, 0.15) is 19.3 Å². The molecule has 1 heterocycles. The molecule has 0 fully saturated rings. The van der Waals surface area contributed by atoms with E-state index < -0.39 is 0 Å². The van der Waals surface area contributed by atoms with E-state index in [-0.39, 0.29) is 5.43 Å². The third-order valence-corrected chi connectivity index (χ3v) is 2.93. The maximum Gasteiger partial charge on any atom is 0.191 e. The van der Waals surface area contributed by atoms with Crippen molar-refractivity contribution >= 4 is 16.7 Å². The molecule has 0 atom stereocenters. The first-order valence-corrected chi connectivity index (χ1v) is 6.37. The van der Waals surface area contributed by atoms with Crippen LogP contribution in [0.15, 0.2) is 35.1 Å². The Kier molecular flexibility index (Phi) is 4.36. The van der Waals surface area contributed by atoms with Gasteiger partial charge in [0.2, 0.25) is 0 Å². The zero-order chi connectivity index (χ0) is 12.8. The van der Waals surface area contributed by atoms with E-state index in [0.29, 0.717) is 0 Å². The summed E-state index contributed by atoms with van der Waals surface area (Å²) in [7, 11) is 0. The molecule has 2 rings (SSSR count). The molecule has 1 aromatic carbocycles. The number of H-pyrrole nitrogens is 1. The minimum absolute atomic E-state index is 0.0498. The molecule has 2 aromatic rings. The Balaban J connectivity index is 2.03. The molecule has 4 nitrogen and oxygen atoms in total. The number of anilines is 1. The monoisotopic (exact) mass is 245 g/mol. The molecular weight excluding hydrogens is 226 g/mol. The van der Waals surface area contributed by atoms with Gasteiger partial charge in [-0.2, -0.15) is 0 Å². The lowest BCUT2D eigenvalue weighted by Crippen LogP contribution is -2.09. The zero-order valence-electron chi connectivity index (χ0n) is 10.4. The molecule has 0 bridgehead atoms. The number of nitrogens with two attached hydrogens (primary N) is 1. The number of para-hydroxylation sites is 1. The molecule has 0 aliphatic heterocycles. The fourth-order valence-corrected chi connectivity index (χ4v) is 1.96. The third-order valence-electron chi connectivity index (χ3n) is 2.93. The van der Waals surface area contributed by atoms with Crippen molar-refractivity contribution in [2.75, 3.05) is 18.4 Å². The van der Waals surface area contributed by atoms with Crippen molar-refractivity contribution in [1.29, 1.82) is 0 Å². The number of unbranched alkanes of at least 4 members (excludes halogenated alkanes) is 2. The number of hydrogen-bond donors (Lipinski definition) is 3. The Hall–Kier alpha value is -1.81. The molecule has 0 spiro atoms. The summed E-state index contributed by atoms with van der Waals surface area (Å²) >= 11 is 0. The molecule has 0 radical (unpaired) electrons. The molecule has 0 saturated carbocycles. The Morgan fingerprint density at radius 2 is 2.00 bits per heavy atom. The molecule has 0 amide bonds. The molecule has 18 heavy (non-hydrogen) atoms. The first-order chi connectivity index (χ1) is 8.81. The van der Waals surface area contributed by atoms with E-state index in [2.05, 4.69) is 10.3 Å². The van der Waals surface area contributed by atoms with Crippen LogP contribution in [-0.4, -0.2) is 18.1 Å². The zero-order valence-corrected chi connectivity index (χ0v) is 10.4. The maximum absolute atomic E-state index is 11.9. The first-order valence-electron chi connectivity index (χ1n) is 6.37. The van der Waals surface area contributed by atoms with E-state index in [1.54, 1.807) is 6.07 Å². The quantitative estimate of drug-likeness (QED) is 0.682. The van der Waals surface area contributed by atoms with Crippen LogP contribution >= 0.6 is 0 Å². The second kappa shape index (κ2) is 6.21. The first kappa shape index (κ1) is 12.6. The Bertz CT molecular complexity index is 562. The summed E-state index contributed by atoms with van der Waals surface area (Å²) in [6, 6.07) is 9.15. The van der Waals surface area contributed by atoms with Crippen molar-refractivity contribution in [1.82, 2.24) is 4.98 Å². The van der Waals surface area contributed by atoms with Crippen LogP contribution in [0, 0.1) is 0 Å². The third kappa shape index (κ3) is 3.11. The van der Waals surface area contributed by atoms with Gasteiger partial charge in [-0.25, -0.2) is 0 Å². The van der Waals surface area contributed by atoms with Gasteiger partial charge in [-0.3, -0.25) is 4.79 Å². The van der Waals surface area contributed by atoms with Gasteiger partial charge in [0, 0.05) is 18.0 Å². The smallest absolute Gasteiger partial charge is 0.191 e. The normalized spacial score (nSPS) is 10.7. The largest absolute Gasteiger partial charge is 0.372 e. The van der Waals surface area contributed by atoms with Crippen LogP contribution < -0.4 is 16.5 Å². The molecule has 0 saturated heterocycles. The van der Waals surface area contributed by atoms with Crippen LogP contribution in [0.5, 0.6) is 0 Å². The predicted molar refractivity (Wildman–Crippen MR) is 76.0 cm³/mol. The van der Waals surface area contributed by atoms with Gasteiger partial charge < -0.3 is 16.0 Å². The molecule has 0 aliphatic carbocycles. The molecule has 1 aromatic heterocycles. The van der Waals surface area contributed by atoms with Gasteiger partial charge in [0.25, 0.3) is 0 Å². The summed E-state index contributed by atoms with van der Waals surface area (Å²) in [4.78, 5) is 15.1. The summed E-state index contributed by atoms with van der Waals surface area (Å²) < 4.78 is 0. The predicted octanol–water partition coefficient (Wildman–Crippen LogP) is 2.07. The Labute approximate surface area is 106 Å². The van der Waals surface area contributed by atoms with Gasteiger partial charge in [0.1, 0.15) is 5.82 Å². The van der Waals surface area contributed by atoms with Crippen molar-refractivity contribution in [3.63, 3.8) is 0 Å². The lowest BCUT2D eigenvalue weighted by atomic mass is 10.2. The van der Waals surface area contributed by atoms with Crippen LogP contribution in [-0.2, 0) is 0 Å². The van der Waals surface area contributed by atoms with Crippen molar-refractivity contribution < 1.29 is 0 Å². The van der Waals surface area contributed by atoms with Gasteiger partial charge in [-0.15, -0.1) is 0 Å². The lowest BCUT2D eigenvalue weighted by Gasteiger charge is -2.07. The number of pyridine rings is 1. The maximum atomic E-state index is 11.9. The van der Waals surface area contributed by atoms with Gasteiger partial charge in [-0.1, -0.05) is 18.6 Å². The van der Waals surface area contributed by atoms with E-state index in [1.807, 2.05) is 24.3 Å². The fraction of sp³-hybridized carbons (Fsp3) is 0.357. The molecule has 0 aliphatic rings. The van der Waals surface area contributed by atoms with Gasteiger partial charge in [0.15, 0.2) is 5.43 Å². The second-order valence-electron chi connectivity index (χ2n) is 4.37. The molecule has 4 heteroatoms. The van der Waals surface area contributed by atoms with Gasteiger partial charge in [0.05, 0.1) is 5.52 Å². The van der Waals surface area contributed by atoms with Crippen molar-refractivity contribution in [2.45, 2.75) is 19.3 Å². The number of benzene rings is 1. The second-order valence-corrected chi connectivity index (χ2v) is 4.37. The van der Waals surface area contributed by atoms with E-state index >= 15 is 0 Å². The van der Waals surface area contributed by atoms with Crippen molar-refractivity contribution in [3.05, 3.63) is 40.6 Å². The minimum atomic E-state index is 0.0498. The highest BCUT2D eigenvalue weighted by molar-refractivity contribution is 5.79. The highest BCUT2D eigenvalue weighted by atomic mass is 16.1. The SMILES string of the molecule is NCCCCCNc1cc(=O)c2ccccc2[nH]1. The Morgan fingerprint density at radius 1 is 1.17 bits per heavy atom. The topological polar surface area (TPSA) is 70.9 Å². The number of rotatable bonds is 6. The highest BCUT2D eigenvalue weighted by Crippen LogP contribution is 2.10. The molecular formula is C14H19N3O. The molecule has 4 N–H and O–H groups in total. The number of aromatic nitrogens is 1. The molecule has 96 valence electrons. The van der Waals surface area contributed by atoms with E-state index in [0.717, 1.165) is 49.1 Å². The number of aromatic amines is 1. The standard InChI is InChI=1S/C14H19N3O/c15-8-4-1-5-9-16-14-10-13(18)11-6-2-3-7-12(11)17-14/h2-3,6-7,10H,1,4-5,8-9,15H2,(H2,16,17,18). The van der Waals surface area contributed by atoms with Gasteiger partial charge in [-0.05, 0) is 31.5 Å². The molecule has 0 unspecified atom stereocenters. The lowest BCUT2D eigenvalue weighted by molar-refractivity contribution is 0.706. The highest BCUT2D eigenvalue weighted by Gasteiger charge is 2.00. The van der Waals surface area contributed by atoms with Crippen LogP contribution in [0.3, 0.4) is 0 Å². The van der Waals surface area contributed by atoms with Gasteiger partial charge >= 0.3 is 0 Å². The number of hydrogen-bond acceptors (Lipinski definition) is 3. The number of fused-ring (bicyclic) bond motifs is 1. The van der Waals surface area contributed by atoms with E-state index in [4.69, 9.17) is 5.73 Å². The fourth-order valence-electron chi connectivity index (χ4n) is 1.96. The average Bonchev–Trinajstić information content (AvgIpc) is 2.39. The summed E-state index contributed by atoms with van der Waals surface area (Å²) in [6.45, 7) is 1.60. The average molecular weight is 245 g/mol. The van der Waals surface area contributed by atoms with Crippen LogP contribution in [0.2, 0.25) is 0 Å². The van der Waals surface area contributed by atoms with Crippen LogP contribution in [0.25, 0.3) is 10.9 Å². The van der Waals surface area contributed by atoms with Crippen molar-refractivity contribution in [3.8, 4) is 0 Å². The van der Waals surface area contributed by atoms with E-state index in [1.165, 1.54) is 0 Å². The minimum Gasteiger partial charge on any atom is -0.372 e. The summed E-state index contributed by atoms with van der Waals surface area (Å²) in [6.07, 6.45) is 3.23. The number of nitrogens with one attached hydrogen (secondary N) is 2. The Morgan fingerprint density at radius 3 is 2.83 bits per heavy atom. The summed E-state index contributed by atoms with van der Waals surface area (Å²) in [5.74, 6) is 0.784. The van der Waals surface area contributed by atoms with E-state index in [9.17, 15) is 4.79 Å². The van der Waals surface area contributed by atoms with Crippen LogP contribution in [0.4, 0.5) is 5.82 Å².